The average Bonchev–Trinajstić information content (AvgIpc) is 2.67. The zero-order valence-electron chi connectivity index (χ0n) is 9.91. The highest BCUT2D eigenvalue weighted by atomic mass is 32.1. The lowest BCUT2D eigenvalue weighted by Crippen LogP contribution is -2.18. The summed E-state index contributed by atoms with van der Waals surface area (Å²) in [6.45, 7) is 2.72. The molecule has 0 aliphatic heterocycles. The van der Waals surface area contributed by atoms with Gasteiger partial charge >= 0.3 is 0 Å². The molecule has 17 heavy (non-hydrogen) atoms. The molecule has 5 heteroatoms. The van der Waals surface area contributed by atoms with Crippen LogP contribution in [0.2, 0.25) is 0 Å². The number of thiazole rings is 1. The van der Waals surface area contributed by atoms with Gasteiger partial charge in [-0.3, -0.25) is 4.79 Å². The number of aromatic nitrogens is 1. The monoisotopic (exact) mass is 249 g/mol. The molecular formula is C12H15N3OS. The number of rotatable bonds is 4. The molecule has 0 saturated heterocycles. The second-order valence-corrected chi connectivity index (χ2v) is 4.92. The maximum absolute atomic E-state index is 11.5. The van der Waals surface area contributed by atoms with E-state index in [1.807, 2.05) is 26.1 Å². The van der Waals surface area contributed by atoms with E-state index in [9.17, 15) is 4.79 Å². The van der Waals surface area contributed by atoms with Gasteiger partial charge in [-0.2, -0.15) is 0 Å². The predicted octanol–water partition coefficient (Wildman–Crippen LogP) is 2.15. The molecule has 0 saturated carbocycles. The van der Waals surface area contributed by atoms with Crippen molar-refractivity contribution in [2.45, 2.75) is 13.3 Å². The summed E-state index contributed by atoms with van der Waals surface area (Å²) in [7, 11) is 1.83. The number of anilines is 1. The van der Waals surface area contributed by atoms with Gasteiger partial charge in [-0.1, -0.05) is 17.4 Å². The molecule has 0 bridgehead atoms. The summed E-state index contributed by atoms with van der Waals surface area (Å²) in [5.41, 5.74) is 2.14. The molecule has 0 radical (unpaired) electrons. The predicted molar refractivity (Wildman–Crippen MR) is 71.5 cm³/mol. The van der Waals surface area contributed by atoms with Crippen molar-refractivity contribution >= 4 is 32.6 Å². The fraction of sp³-hybridized carbons (Fsp3) is 0.333. The molecule has 1 amide bonds. The van der Waals surface area contributed by atoms with Crippen LogP contribution in [0.25, 0.3) is 10.2 Å². The van der Waals surface area contributed by atoms with Gasteiger partial charge in [-0.05, 0) is 31.7 Å². The lowest BCUT2D eigenvalue weighted by atomic mass is 10.2. The van der Waals surface area contributed by atoms with E-state index in [1.165, 1.54) is 16.9 Å². The van der Waals surface area contributed by atoms with Crippen molar-refractivity contribution in [2.24, 2.45) is 0 Å². The van der Waals surface area contributed by atoms with Crippen molar-refractivity contribution < 1.29 is 4.79 Å². The number of fused-ring (bicyclic) bond motifs is 1. The molecule has 1 aromatic carbocycles. The maximum atomic E-state index is 11.5. The van der Waals surface area contributed by atoms with Crippen LogP contribution in [0.3, 0.4) is 0 Å². The molecule has 0 unspecified atom stereocenters. The molecule has 0 aliphatic rings. The third kappa shape index (κ3) is 3.01. The zero-order valence-corrected chi connectivity index (χ0v) is 10.7. The highest BCUT2D eigenvalue weighted by Gasteiger charge is 2.07. The van der Waals surface area contributed by atoms with Crippen LogP contribution in [0.1, 0.15) is 12.0 Å². The molecule has 2 N–H and O–H groups in total. The van der Waals surface area contributed by atoms with E-state index in [-0.39, 0.29) is 5.91 Å². The highest BCUT2D eigenvalue weighted by Crippen LogP contribution is 2.26. The van der Waals surface area contributed by atoms with Crippen molar-refractivity contribution in [1.82, 2.24) is 10.3 Å². The molecule has 0 spiro atoms. The molecule has 0 aliphatic carbocycles. The van der Waals surface area contributed by atoms with E-state index < -0.39 is 0 Å². The zero-order chi connectivity index (χ0) is 12.3. The summed E-state index contributed by atoms with van der Waals surface area (Å²) in [4.78, 5) is 15.9. The fourth-order valence-corrected chi connectivity index (χ4v) is 2.49. The number of nitrogens with one attached hydrogen (secondary N) is 2. The lowest BCUT2D eigenvalue weighted by Gasteiger charge is -1.99. The summed E-state index contributed by atoms with van der Waals surface area (Å²) >= 11 is 1.51. The smallest absolute Gasteiger partial charge is 0.227 e. The summed E-state index contributed by atoms with van der Waals surface area (Å²) in [5, 5.41) is 6.43. The number of aryl methyl sites for hydroxylation is 1. The molecule has 90 valence electrons. The number of carbonyl (C=O) groups is 1. The van der Waals surface area contributed by atoms with Crippen molar-refractivity contribution in [3.63, 3.8) is 0 Å². The Morgan fingerprint density at radius 1 is 1.47 bits per heavy atom. The molecule has 4 nitrogen and oxygen atoms in total. The van der Waals surface area contributed by atoms with Gasteiger partial charge in [0.15, 0.2) is 5.13 Å². The van der Waals surface area contributed by atoms with E-state index in [0.29, 0.717) is 18.1 Å². The van der Waals surface area contributed by atoms with Gasteiger partial charge in [-0.25, -0.2) is 4.98 Å². The third-order valence-corrected chi connectivity index (χ3v) is 3.33. The number of nitrogens with zero attached hydrogens (tertiary/aromatic N) is 1. The van der Waals surface area contributed by atoms with E-state index in [1.54, 1.807) is 0 Å². The molecule has 0 fully saturated rings. The molecule has 1 aromatic heterocycles. The van der Waals surface area contributed by atoms with Crippen LogP contribution in [0.15, 0.2) is 18.2 Å². The van der Waals surface area contributed by atoms with Crippen LogP contribution in [0, 0.1) is 6.92 Å². The third-order valence-electron chi connectivity index (χ3n) is 2.39. The quantitative estimate of drug-likeness (QED) is 0.873. The summed E-state index contributed by atoms with van der Waals surface area (Å²) in [5.74, 6) is -0.00451. The fourth-order valence-electron chi connectivity index (χ4n) is 1.51. The number of hydrogen-bond donors (Lipinski definition) is 2. The van der Waals surface area contributed by atoms with Crippen molar-refractivity contribution in [1.29, 1.82) is 0 Å². The van der Waals surface area contributed by atoms with Crippen LogP contribution < -0.4 is 10.6 Å². The Kier molecular flexibility index (Phi) is 3.71. The Morgan fingerprint density at radius 2 is 2.29 bits per heavy atom. The Morgan fingerprint density at radius 3 is 3.06 bits per heavy atom. The van der Waals surface area contributed by atoms with Crippen LogP contribution in [-0.2, 0) is 4.79 Å². The Labute approximate surface area is 104 Å². The van der Waals surface area contributed by atoms with Crippen LogP contribution in [-0.4, -0.2) is 24.5 Å². The van der Waals surface area contributed by atoms with Crippen molar-refractivity contribution in [3.05, 3.63) is 23.8 Å². The largest absolute Gasteiger partial charge is 0.319 e. The minimum absolute atomic E-state index is 0.00451. The standard InChI is InChI=1S/C12H15N3OS/c1-8-3-4-9-10(7-8)17-12(14-9)15-11(16)5-6-13-2/h3-4,7,13H,5-6H2,1-2H3,(H,14,15,16). The van der Waals surface area contributed by atoms with Gasteiger partial charge < -0.3 is 10.6 Å². The van der Waals surface area contributed by atoms with Crippen LogP contribution in [0.4, 0.5) is 5.13 Å². The van der Waals surface area contributed by atoms with Gasteiger partial charge in [0.05, 0.1) is 10.2 Å². The Balaban J connectivity index is 2.11. The lowest BCUT2D eigenvalue weighted by molar-refractivity contribution is -0.116. The van der Waals surface area contributed by atoms with E-state index in [0.717, 1.165) is 10.2 Å². The summed E-state index contributed by atoms with van der Waals surface area (Å²) < 4.78 is 1.11. The van der Waals surface area contributed by atoms with Crippen LogP contribution in [0.5, 0.6) is 0 Å². The number of benzene rings is 1. The first-order valence-electron chi connectivity index (χ1n) is 5.50. The first-order chi connectivity index (χ1) is 8.19. The first-order valence-corrected chi connectivity index (χ1v) is 6.32. The number of hydrogen-bond acceptors (Lipinski definition) is 4. The van der Waals surface area contributed by atoms with Gasteiger partial charge in [-0.15, -0.1) is 0 Å². The molecule has 2 rings (SSSR count). The molecular weight excluding hydrogens is 234 g/mol. The molecule has 0 atom stereocenters. The van der Waals surface area contributed by atoms with Gasteiger partial charge in [0, 0.05) is 13.0 Å². The van der Waals surface area contributed by atoms with Crippen molar-refractivity contribution in [3.8, 4) is 0 Å². The van der Waals surface area contributed by atoms with Crippen LogP contribution >= 0.6 is 11.3 Å². The number of amides is 1. The molecule has 2 aromatic rings. The highest BCUT2D eigenvalue weighted by molar-refractivity contribution is 7.22. The SMILES string of the molecule is CNCCC(=O)Nc1nc2ccc(C)cc2s1. The maximum Gasteiger partial charge on any atom is 0.227 e. The minimum Gasteiger partial charge on any atom is -0.319 e. The normalized spacial score (nSPS) is 10.7. The van der Waals surface area contributed by atoms with Crippen molar-refractivity contribution in [2.75, 3.05) is 18.9 Å². The summed E-state index contributed by atoms with van der Waals surface area (Å²) in [6.07, 6.45) is 0.464. The van der Waals surface area contributed by atoms with E-state index >= 15 is 0 Å². The second kappa shape index (κ2) is 5.25. The average molecular weight is 249 g/mol. The minimum atomic E-state index is -0.00451. The second-order valence-electron chi connectivity index (χ2n) is 3.89. The van der Waals surface area contributed by atoms with Gasteiger partial charge in [0.2, 0.25) is 5.91 Å². The Bertz CT molecular complexity index is 536. The van der Waals surface area contributed by atoms with E-state index in [2.05, 4.69) is 21.7 Å². The van der Waals surface area contributed by atoms with E-state index in [4.69, 9.17) is 0 Å². The number of carbonyl (C=O) groups excluding carboxylic acids is 1. The molecule has 1 heterocycles. The Hall–Kier alpha value is -1.46. The van der Waals surface area contributed by atoms with Gasteiger partial charge in [0.1, 0.15) is 0 Å². The first kappa shape index (κ1) is 12.0. The van der Waals surface area contributed by atoms with Gasteiger partial charge in [0.25, 0.3) is 0 Å². The summed E-state index contributed by atoms with van der Waals surface area (Å²) in [6, 6.07) is 6.08. The topological polar surface area (TPSA) is 54.0 Å².